The Morgan fingerprint density at radius 2 is 2.08 bits per heavy atom. The Bertz CT molecular complexity index is 690. The molecule has 0 N–H and O–H groups in total. The van der Waals surface area contributed by atoms with Crippen molar-refractivity contribution >= 4 is 5.91 Å². The molecule has 7 heteroatoms. The first-order valence-electron chi connectivity index (χ1n) is 7.83. The van der Waals surface area contributed by atoms with Crippen LogP contribution >= 0.6 is 0 Å². The maximum Gasteiger partial charge on any atom is 0.272 e. The molecule has 0 unspecified atom stereocenters. The first kappa shape index (κ1) is 16.6. The number of ether oxygens (including phenoxy) is 1. The van der Waals surface area contributed by atoms with E-state index in [1.54, 1.807) is 4.90 Å². The monoisotopic (exact) mass is 335 g/mol. The minimum Gasteiger partial charge on any atom is -0.374 e. The van der Waals surface area contributed by atoms with Gasteiger partial charge in [0.2, 0.25) is 0 Å². The Kier molecular flexibility index (Phi) is 4.89. The maximum atomic E-state index is 13.0. The van der Waals surface area contributed by atoms with Crippen LogP contribution in [0.25, 0.3) is 0 Å². The molecule has 1 aliphatic heterocycles. The molecular formula is C17H19F2N3O2. The van der Waals surface area contributed by atoms with Crippen LogP contribution in [0, 0.1) is 0 Å². The smallest absolute Gasteiger partial charge is 0.272 e. The van der Waals surface area contributed by atoms with Crippen LogP contribution in [-0.4, -0.2) is 46.3 Å². The van der Waals surface area contributed by atoms with Gasteiger partial charge in [-0.1, -0.05) is 30.3 Å². The number of benzene rings is 1. The first-order valence-corrected chi connectivity index (χ1v) is 7.83. The fourth-order valence-corrected chi connectivity index (χ4v) is 2.92. The van der Waals surface area contributed by atoms with Crippen LogP contribution in [0.2, 0.25) is 0 Å². The number of halogens is 2. The number of carbonyl (C=O) groups excluding carboxylic acids is 1. The molecule has 1 aromatic carbocycles. The normalized spacial score (nSPS) is 21.2. The lowest BCUT2D eigenvalue weighted by atomic mass is 10.0. The highest BCUT2D eigenvalue weighted by Gasteiger charge is 2.33. The number of hydrogen-bond donors (Lipinski definition) is 0. The number of alkyl halides is 2. The Morgan fingerprint density at radius 1 is 1.33 bits per heavy atom. The third kappa shape index (κ3) is 3.46. The second-order valence-corrected chi connectivity index (χ2v) is 5.82. The van der Waals surface area contributed by atoms with Crippen LogP contribution in [0.1, 0.15) is 29.0 Å². The Balaban J connectivity index is 1.89. The summed E-state index contributed by atoms with van der Waals surface area (Å²) in [7, 11) is 0. The van der Waals surface area contributed by atoms with Crippen molar-refractivity contribution in [1.29, 1.82) is 0 Å². The lowest BCUT2D eigenvalue weighted by Crippen LogP contribution is -2.47. The van der Waals surface area contributed by atoms with E-state index < -0.39 is 13.0 Å². The fourth-order valence-electron chi connectivity index (χ4n) is 2.92. The van der Waals surface area contributed by atoms with Crippen LogP contribution in [0.5, 0.6) is 0 Å². The van der Waals surface area contributed by atoms with Crippen molar-refractivity contribution in [3.63, 3.8) is 0 Å². The van der Waals surface area contributed by atoms with E-state index in [1.807, 2.05) is 37.3 Å². The quantitative estimate of drug-likeness (QED) is 0.863. The number of amides is 1. The standard InChI is InChI=1S/C17H19F2N3O2/c1-12-9-21(15(11-24-12)13-5-3-2-4-6-13)17(23)14-7-8-20-22(14)10-16(18)19/h2-8,12,15-16H,9-11H2,1H3/t12-,15+/m0/s1. The third-order valence-electron chi connectivity index (χ3n) is 4.06. The van der Waals surface area contributed by atoms with Crippen LogP contribution in [-0.2, 0) is 11.3 Å². The molecule has 0 saturated carbocycles. The van der Waals surface area contributed by atoms with Crippen LogP contribution in [0.3, 0.4) is 0 Å². The molecule has 2 atom stereocenters. The van der Waals surface area contributed by atoms with Crippen LogP contribution in [0.4, 0.5) is 8.78 Å². The molecule has 1 aliphatic rings. The van der Waals surface area contributed by atoms with E-state index in [4.69, 9.17) is 4.74 Å². The molecule has 0 bridgehead atoms. The fraction of sp³-hybridized carbons (Fsp3) is 0.412. The van der Waals surface area contributed by atoms with E-state index in [-0.39, 0.29) is 23.7 Å². The zero-order chi connectivity index (χ0) is 17.1. The van der Waals surface area contributed by atoms with Crippen molar-refractivity contribution in [2.75, 3.05) is 13.2 Å². The van der Waals surface area contributed by atoms with Crippen molar-refractivity contribution in [1.82, 2.24) is 14.7 Å². The summed E-state index contributed by atoms with van der Waals surface area (Å²) in [5.74, 6) is -0.308. The van der Waals surface area contributed by atoms with E-state index in [1.165, 1.54) is 12.3 Å². The maximum absolute atomic E-state index is 13.0. The van der Waals surface area contributed by atoms with Crippen LogP contribution in [0.15, 0.2) is 42.6 Å². The van der Waals surface area contributed by atoms with Gasteiger partial charge in [-0.15, -0.1) is 0 Å². The molecule has 2 aromatic rings. The molecule has 1 saturated heterocycles. The molecule has 24 heavy (non-hydrogen) atoms. The van der Waals surface area contributed by atoms with Gasteiger partial charge in [-0.05, 0) is 18.6 Å². The summed E-state index contributed by atoms with van der Waals surface area (Å²) in [5, 5.41) is 3.85. The molecule has 5 nitrogen and oxygen atoms in total. The summed E-state index contributed by atoms with van der Waals surface area (Å²) in [6, 6.07) is 10.8. The van der Waals surface area contributed by atoms with Gasteiger partial charge in [0.05, 0.1) is 18.8 Å². The van der Waals surface area contributed by atoms with Gasteiger partial charge in [-0.25, -0.2) is 8.78 Å². The molecule has 0 aliphatic carbocycles. The van der Waals surface area contributed by atoms with Gasteiger partial charge in [0.25, 0.3) is 12.3 Å². The summed E-state index contributed by atoms with van der Waals surface area (Å²) >= 11 is 0. The number of hydrogen-bond acceptors (Lipinski definition) is 3. The van der Waals surface area contributed by atoms with Crippen LogP contribution < -0.4 is 0 Å². The average Bonchev–Trinajstić information content (AvgIpc) is 3.02. The van der Waals surface area contributed by atoms with Gasteiger partial charge >= 0.3 is 0 Å². The molecule has 1 amide bonds. The molecule has 0 radical (unpaired) electrons. The van der Waals surface area contributed by atoms with Crippen molar-refractivity contribution in [2.24, 2.45) is 0 Å². The molecule has 3 rings (SSSR count). The first-order chi connectivity index (χ1) is 11.6. The van der Waals surface area contributed by atoms with Gasteiger partial charge in [-0.2, -0.15) is 5.10 Å². The summed E-state index contributed by atoms with van der Waals surface area (Å²) in [5.41, 5.74) is 1.13. The largest absolute Gasteiger partial charge is 0.374 e. The highest BCUT2D eigenvalue weighted by Crippen LogP contribution is 2.27. The lowest BCUT2D eigenvalue weighted by molar-refractivity contribution is -0.0452. The van der Waals surface area contributed by atoms with Gasteiger partial charge in [0.15, 0.2) is 0 Å². The highest BCUT2D eigenvalue weighted by atomic mass is 19.3. The van der Waals surface area contributed by atoms with Gasteiger partial charge in [0, 0.05) is 12.7 Å². The molecule has 0 spiro atoms. The van der Waals surface area contributed by atoms with Crippen molar-refractivity contribution < 1.29 is 18.3 Å². The SMILES string of the molecule is C[C@H]1CN(C(=O)c2ccnn2CC(F)F)[C@@H](c2ccccc2)CO1. The number of rotatable bonds is 4. The van der Waals surface area contributed by atoms with Gasteiger partial charge < -0.3 is 9.64 Å². The molecule has 1 fully saturated rings. The number of nitrogens with zero attached hydrogens (tertiary/aromatic N) is 3. The topological polar surface area (TPSA) is 47.4 Å². The molecule has 2 heterocycles. The van der Waals surface area contributed by atoms with Crippen molar-refractivity contribution in [3.05, 3.63) is 53.9 Å². The Morgan fingerprint density at radius 3 is 2.79 bits per heavy atom. The summed E-state index contributed by atoms with van der Waals surface area (Å²) < 4.78 is 32.1. The number of aromatic nitrogens is 2. The zero-order valence-corrected chi connectivity index (χ0v) is 13.3. The minimum absolute atomic E-state index is 0.111. The van der Waals surface area contributed by atoms with E-state index >= 15 is 0 Å². The molecule has 128 valence electrons. The number of carbonyl (C=O) groups is 1. The van der Waals surface area contributed by atoms with Gasteiger partial charge in [0.1, 0.15) is 12.2 Å². The summed E-state index contributed by atoms with van der Waals surface area (Å²) in [4.78, 5) is 14.6. The summed E-state index contributed by atoms with van der Waals surface area (Å²) in [6.45, 7) is 2.07. The molecule has 1 aromatic heterocycles. The van der Waals surface area contributed by atoms with Crippen molar-refractivity contribution in [3.8, 4) is 0 Å². The molecular weight excluding hydrogens is 316 g/mol. The van der Waals surface area contributed by atoms with Crippen molar-refractivity contribution in [2.45, 2.75) is 32.0 Å². The Hall–Kier alpha value is -2.28. The second-order valence-electron chi connectivity index (χ2n) is 5.82. The average molecular weight is 335 g/mol. The minimum atomic E-state index is -2.56. The second kappa shape index (κ2) is 7.09. The van der Waals surface area contributed by atoms with E-state index in [0.29, 0.717) is 13.2 Å². The highest BCUT2D eigenvalue weighted by molar-refractivity contribution is 5.93. The number of morpholine rings is 1. The summed E-state index contributed by atoms with van der Waals surface area (Å²) in [6.07, 6.45) is -1.30. The van der Waals surface area contributed by atoms with E-state index in [2.05, 4.69) is 5.10 Å². The Labute approximate surface area is 138 Å². The predicted molar refractivity (Wildman–Crippen MR) is 83.9 cm³/mol. The van der Waals surface area contributed by atoms with E-state index in [9.17, 15) is 13.6 Å². The third-order valence-corrected chi connectivity index (χ3v) is 4.06. The van der Waals surface area contributed by atoms with Gasteiger partial charge in [-0.3, -0.25) is 9.48 Å². The zero-order valence-electron chi connectivity index (χ0n) is 13.3. The van der Waals surface area contributed by atoms with E-state index in [0.717, 1.165) is 10.2 Å². The predicted octanol–water partition coefficient (Wildman–Crippen LogP) is 2.75. The lowest BCUT2D eigenvalue weighted by Gasteiger charge is -2.39.